The van der Waals surface area contributed by atoms with Gasteiger partial charge in [-0.15, -0.1) is 0 Å². The summed E-state index contributed by atoms with van der Waals surface area (Å²) in [6, 6.07) is 28.9. The van der Waals surface area contributed by atoms with Crippen molar-refractivity contribution in [2.24, 2.45) is 0 Å². The highest BCUT2D eigenvalue weighted by Gasteiger charge is 2.07. The first kappa shape index (κ1) is 18.9. The first-order valence-electron chi connectivity index (χ1n) is 9.73. The molecule has 0 radical (unpaired) electrons. The lowest BCUT2D eigenvalue weighted by Crippen LogP contribution is -1.90. The maximum absolute atomic E-state index is 2.43. The van der Waals surface area contributed by atoms with Gasteiger partial charge in [0, 0.05) is 3.57 Å². The first-order valence-corrected chi connectivity index (χ1v) is 10.8. The van der Waals surface area contributed by atoms with Crippen LogP contribution in [0.4, 0.5) is 0 Å². The lowest BCUT2D eigenvalue weighted by atomic mass is 9.94. The van der Waals surface area contributed by atoms with Crippen LogP contribution in [0.5, 0.6) is 0 Å². The number of rotatable bonds is 4. The molecular weight excluding hydrogens is 451 g/mol. The van der Waals surface area contributed by atoms with E-state index in [1.807, 2.05) is 0 Å². The molecule has 0 aromatic heterocycles. The zero-order valence-corrected chi connectivity index (χ0v) is 18.4. The molecule has 0 spiro atoms. The number of halogens is 1. The van der Waals surface area contributed by atoms with Crippen LogP contribution in [0.3, 0.4) is 0 Å². The number of hydrogen-bond donors (Lipinski definition) is 0. The minimum atomic E-state index is 1.04. The van der Waals surface area contributed by atoms with Crippen LogP contribution in [-0.4, -0.2) is 0 Å². The molecule has 4 aromatic rings. The van der Waals surface area contributed by atoms with Crippen molar-refractivity contribution >= 4 is 39.4 Å². The van der Waals surface area contributed by atoms with Gasteiger partial charge >= 0.3 is 0 Å². The molecule has 138 valence electrons. The lowest BCUT2D eigenvalue weighted by Gasteiger charge is -2.11. The van der Waals surface area contributed by atoms with E-state index >= 15 is 0 Å². The third-order valence-corrected chi connectivity index (χ3v) is 5.81. The Morgan fingerprint density at radius 3 is 2.11 bits per heavy atom. The van der Waals surface area contributed by atoms with Crippen molar-refractivity contribution < 1.29 is 0 Å². The van der Waals surface area contributed by atoms with Gasteiger partial charge in [-0.25, -0.2) is 0 Å². The standard InChI is InChI=1S/C27H23I/c1-3-7-20-10-12-23(14-19(20)4-2)25-16-26(18-27(28)17-25)24-13-11-21-8-5-6-9-22(21)15-24/h3,5-18H,4H2,1-2H3/b7-3-. The summed E-state index contributed by atoms with van der Waals surface area (Å²) in [5, 5.41) is 2.56. The zero-order chi connectivity index (χ0) is 19.5. The van der Waals surface area contributed by atoms with Crippen LogP contribution in [0.1, 0.15) is 25.0 Å². The van der Waals surface area contributed by atoms with Crippen LogP contribution >= 0.6 is 22.6 Å². The highest BCUT2D eigenvalue weighted by atomic mass is 127. The molecular formula is C27H23I. The van der Waals surface area contributed by atoms with Gasteiger partial charge in [0.2, 0.25) is 0 Å². The number of allylic oxidation sites excluding steroid dienone is 1. The predicted octanol–water partition coefficient (Wildman–Crippen LogP) is 8.37. The van der Waals surface area contributed by atoms with Gasteiger partial charge in [0.05, 0.1) is 0 Å². The van der Waals surface area contributed by atoms with Gasteiger partial charge in [-0.05, 0) is 104 Å². The molecule has 0 aliphatic rings. The Labute approximate surface area is 181 Å². The SMILES string of the molecule is C/C=C\c1ccc(-c2cc(I)cc(-c3ccc4ccccc4c3)c2)cc1CC. The summed E-state index contributed by atoms with van der Waals surface area (Å²) in [4.78, 5) is 0. The topological polar surface area (TPSA) is 0 Å². The highest BCUT2D eigenvalue weighted by molar-refractivity contribution is 14.1. The van der Waals surface area contributed by atoms with E-state index in [1.54, 1.807) is 0 Å². The van der Waals surface area contributed by atoms with Crippen molar-refractivity contribution in [3.05, 3.63) is 99.6 Å². The third-order valence-electron chi connectivity index (χ3n) is 5.18. The first-order chi connectivity index (χ1) is 13.7. The van der Waals surface area contributed by atoms with Crippen LogP contribution in [0, 0.1) is 3.57 Å². The second kappa shape index (κ2) is 8.32. The van der Waals surface area contributed by atoms with Gasteiger partial charge < -0.3 is 0 Å². The molecule has 0 N–H and O–H groups in total. The van der Waals surface area contributed by atoms with Crippen LogP contribution in [0.2, 0.25) is 0 Å². The summed E-state index contributed by atoms with van der Waals surface area (Å²) in [6.07, 6.45) is 5.34. The summed E-state index contributed by atoms with van der Waals surface area (Å²) < 4.78 is 1.26. The molecule has 0 fully saturated rings. The Balaban J connectivity index is 1.80. The quantitative estimate of drug-likeness (QED) is 0.261. The fourth-order valence-corrected chi connectivity index (χ4v) is 4.40. The molecule has 1 heteroatoms. The number of hydrogen-bond acceptors (Lipinski definition) is 0. The fraction of sp³-hybridized carbons (Fsp3) is 0.111. The van der Waals surface area contributed by atoms with E-state index in [0.717, 1.165) is 6.42 Å². The third kappa shape index (κ3) is 3.90. The molecule has 0 heterocycles. The van der Waals surface area contributed by atoms with Gasteiger partial charge in [-0.1, -0.05) is 73.7 Å². The predicted molar refractivity (Wildman–Crippen MR) is 132 cm³/mol. The molecule has 0 atom stereocenters. The van der Waals surface area contributed by atoms with Crippen molar-refractivity contribution in [3.63, 3.8) is 0 Å². The van der Waals surface area contributed by atoms with Gasteiger partial charge in [0.15, 0.2) is 0 Å². The van der Waals surface area contributed by atoms with Gasteiger partial charge in [0.1, 0.15) is 0 Å². The molecule has 0 saturated carbocycles. The number of benzene rings is 4. The van der Waals surface area contributed by atoms with Crippen LogP contribution in [-0.2, 0) is 6.42 Å². The molecule has 0 saturated heterocycles. The van der Waals surface area contributed by atoms with Gasteiger partial charge in [0.25, 0.3) is 0 Å². The second-order valence-corrected chi connectivity index (χ2v) is 8.30. The van der Waals surface area contributed by atoms with E-state index < -0.39 is 0 Å². The highest BCUT2D eigenvalue weighted by Crippen LogP contribution is 2.32. The average Bonchev–Trinajstić information content (AvgIpc) is 2.73. The molecule has 0 unspecified atom stereocenters. The van der Waals surface area contributed by atoms with E-state index in [2.05, 4.69) is 127 Å². The summed E-state index contributed by atoms with van der Waals surface area (Å²) in [5.74, 6) is 0. The molecule has 4 rings (SSSR count). The van der Waals surface area contributed by atoms with Crippen molar-refractivity contribution in [2.75, 3.05) is 0 Å². The van der Waals surface area contributed by atoms with Crippen LogP contribution < -0.4 is 0 Å². The van der Waals surface area contributed by atoms with Gasteiger partial charge in [-0.3, -0.25) is 0 Å². The Morgan fingerprint density at radius 1 is 0.714 bits per heavy atom. The maximum atomic E-state index is 2.43. The molecule has 4 aromatic carbocycles. The Morgan fingerprint density at radius 2 is 1.39 bits per heavy atom. The van der Waals surface area contributed by atoms with Crippen molar-refractivity contribution in [2.45, 2.75) is 20.3 Å². The Hall–Kier alpha value is -2.39. The summed E-state index contributed by atoms with van der Waals surface area (Å²) in [6.45, 7) is 4.30. The molecule has 0 aliphatic heterocycles. The normalized spacial score (nSPS) is 11.4. The van der Waals surface area contributed by atoms with E-state index in [0.29, 0.717) is 0 Å². The molecule has 28 heavy (non-hydrogen) atoms. The van der Waals surface area contributed by atoms with Crippen molar-refractivity contribution in [1.29, 1.82) is 0 Å². The average molecular weight is 474 g/mol. The smallest absolute Gasteiger partial charge is 0.0142 e. The summed E-state index contributed by atoms with van der Waals surface area (Å²) >= 11 is 2.43. The monoisotopic (exact) mass is 474 g/mol. The van der Waals surface area contributed by atoms with E-state index in [9.17, 15) is 0 Å². The van der Waals surface area contributed by atoms with E-state index in [-0.39, 0.29) is 0 Å². The number of fused-ring (bicyclic) bond motifs is 1. The molecule has 0 nitrogen and oxygen atoms in total. The maximum Gasteiger partial charge on any atom is 0.0142 e. The summed E-state index contributed by atoms with van der Waals surface area (Å²) in [5.41, 5.74) is 7.79. The van der Waals surface area contributed by atoms with E-state index in [1.165, 1.54) is 47.7 Å². The van der Waals surface area contributed by atoms with Crippen molar-refractivity contribution in [3.8, 4) is 22.3 Å². The van der Waals surface area contributed by atoms with Crippen LogP contribution in [0.15, 0.2) is 84.9 Å². The minimum absolute atomic E-state index is 1.04. The largest absolute Gasteiger partial charge is 0.0871 e. The summed E-state index contributed by atoms with van der Waals surface area (Å²) in [7, 11) is 0. The Bertz CT molecular complexity index is 1170. The van der Waals surface area contributed by atoms with Gasteiger partial charge in [-0.2, -0.15) is 0 Å². The minimum Gasteiger partial charge on any atom is -0.0871 e. The lowest BCUT2D eigenvalue weighted by molar-refractivity contribution is 1.13. The Kier molecular flexibility index (Phi) is 5.63. The van der Waals surface area contributed by atoms with E-state index in [4.69, 9.17) is 0 Å². The zero-order valence-electron chi connectivity index (χ0n) is 16.2. The van der Waals surface area contributed by atoms with Crippen molar-refractivity contribution in [1.82, 2.24) is 0 Å². The molecule has 0 bridgehead atoms. The molecule has 0 aliphatic carbocycles. The second-order valence-electron chi connectivity index (χ2n) is 7.06. The number of aryl methyl sites for hydroxylation is 1. The molecule has 0 amide bonds. The van der Waals surface area contributed by atoms with Crippen LogP contribution in [0.25, 0.3) is 39.1 Å². The fourth-order valence-electron chi connectivity index (χ4n) is 3.73.